The van der Waals surface area contributed by atoms with Crippen molar-refractivity contribution in [1.82, 2.24) is 0 Å². The van der Waals surface area contributed by atoms with Gasteiger partial charge in [-0.3, -0.25) is 0 Å². The SMILES string of the molecule is Oc1cc(Cl)c(OCc2ccc(Cl)cc2Cl)c(Cl)c1. The Morgan fingerprint density at radius 2 is 1.53 bits per heavy atom. The largest absolute Gasteiger partial charge is 0.508 e. The van der Waals surface area contributed by atoms with Crippen LogP contribution in [-0.2, 0) is 6.61 Å². The third kappa shape index (κ3) is 3.61. The van der Waals surface area contributed by atoms with E-state index in [1.54, 1.807) is 18.2 Å². The molecule has 2 aromatic carbocycles. The van der Waals surface area contributed by atoms with Crippen LogP contribution in [0, 0.1) is 0 Å². The third-order valence-corrected chi connectivity index (χ3v) is 3.52. The zero-order chi connectivity index (χ0) is 14.0. The Morgan fingerprint density at radius 3 is 2.11 bits per heavy atom. The number of halogens is 4. The number of hydrogen-bond acceptors (Lipinski definition) is 2. The summed E-state index contributed by atoms with van der Waals surface area (Å²) in [6.45, 7) is 0.195. The van der Waals surface area contributed by atoms with Crippen molar-refractivity contribution >= 4 is 46.4 Å². The first kappa shape index (κ1) is 14.6. The minimum Gasteiger partial charge on any atom is -0.508 e. The van der Waals surface area contributed by atoms with Gasteiger partial charge < -0.3 is 9.84 Å². The lowest BCUT2D eigenvalue weighted by Gasteiger charge is -2.11. The Bertz CT molecular complexity index is 591. The molecule has 0 heterocycles. The third-order valence-electron chi connectivity index (χ3n) is 2.37. The fraction of sp³-hybridized carbons (Fsp3) is 0.0769. The van der Waals surface area contributed by atoms with Crippen molar-refractivity contribution in [2.24, 2.45) is 0 Å². The first-order valence-corrected chi connectivity index (χ1v) is 6.73. The predicted molar refractivity (Wildman–Crippen MR) is 78.9 cm³/mol. The molecule has 0 aromatic heterocycles. The second kappa shape index (κ2) is 6.10. The topological polar surface area (TPSA) is 29.5 Å². The van der Waals surface area contributed by atoms with Crippen LogP contribution in [0.4, 0.5) is 0 Å². The van der Waals surface area contributed by atoms with E-state index in [2.05, 4.69) is 0 Å². The quantitative estimate of drug-likeness (QED) is 0.791. The summed E-state index contributed by atoms with van der Waals surface area (Å²) in [6.07, 6.45) is 0. The Labute approximate surface area is 130 Å². The zero-order valence-corrected chi connectivity index (χ0v) is 12.5. The molecule has 0 spiro atoms. The van der Waals surface area contributed by atoms with Crippen LogP contribution in [0.15, 0.2) is 30.3 Å². The van der Waals surface area contributed by atoms with Crippen LogP contribution in [0.25, 0.3) is 0 Å². The van der Waals surface area contributed by atoms with Crippen LogP contribution < -0.4 is 4.74 Å². The summed E-state index contributed by atoms with van der Waals surface area (Å²) in [5.74, 6) is 0.277. The summed E-state index contributed by atoms with van der Waals surface area (Å²) in [5, 5.41) is 10.8. The van der Waals surface area contributed by atoms with Gasteiger partial charge in [0.2, 0.25) is 0 Å². The van der Waals surface area contributed by atoms with Crippen LogP contribution in [0.5, 0.6) is 11.5 Å². The Hall–Kier alpha value is -0.800. The van der Waals surface area contributed by atoms with E-state index in [4.69, 9.17) is 51.1 Å². The minimum atomic E-state index is -0.0214. The van der Waals surface area contributed by atoms with Gasteiger partial charge in [-0.2, -0.15) is 0 Å². The summed E-state index contributed by atoms with van der Waals surface area (Å²) in [4.78, 5) is 0. The van der Waals surface area contributed by atoms with Gasteiger partial charge in [-0.15, -0.1) is 0 Å². The van der Waals surface area contributed by atoms with E-state index < -0.39 is 0 Å². The molecule has 0 aliphatic rings. The molecule has 0 unspecified atom stereocenters. The van der Waals surface area contributed by atoms with E-state index in [-0.39, 0.29) is 22.4 Å². The molecule has 0 aliphatic carbocycles. The van der Waals surface area contributed by atoms with Crippen molar-refractivity contribution in [3.8, 4) is 11.5 Å². The smallest absolute Gasteiger partial charge is 0.157 e. The van der Waals surface area contributed by atoms with E-state index in [9.17, 15) is 5.11 Å². The van der Waals surface area contributed by atoms with Crippen molar-refractivity contribution in [3.63, 3.8) is 0 Å². The van der Waals surface area contributed by atoms with Crippen molar-refractivity contribution in [2.75, 3.05) is 0 Å². The molecule has 0 bridgehead atoms. The van der Waals surface area contributed by atoms with Gasteiger partial charge in [-0.1, -0.05) is 52.5 Å². The van der Waals surface area contributed by atoms with Gasteiger partial charge in [0, 0.05) is 27.7 Å². The van der Waals surface area contributed by atoms with E-state index in [0.717, 1.165) is 5.56 Å². The van der Waals surface area contributed by atoms with Gasteiger partial charge in [0.25, 0.3) is 0 Å². The number of aromatic hydroxyl groups is 1. The first-order chi connectivity index (χ1) is 8.97. The van der Waals surface area contributed by atoms with Crippen molar-refractivity contribution in [3.05, 3.63) is 56.0 Å². The average molecular weight is 338 g/mol. The summed E-state index contributed by atoms with van der Waals surface area (Å²) in [6, 6.07) is 7.80. The molecule has 2 nitrogen and oxygen atoms in total. The minimum absolute atomic E-state index is 0.0214. The lowest BCUT2D eigenvalue weighted by Crippen LogP contribution is -1.97. The number of benzene rings is 2. The lowest BCUT2D eigenvalue weighted by atomic mass is 10.2. The Kier molecular flexibility index (Phi) is 4.69. The van der Waals surface area contributed by atoms with E-state index in [0.29, 0.717) is 15.8 Å². The molecule has 0 saturated carbocycles. The van der Waals surface area contributed by atoms with Crippen LogP contribution in [0.2, 0.25) is 20.1 Å². The molecule has 2 aromatic rings. The molecular weight excluding hydrogens is 330 g/mol. The van der Waals surface area contributed by atoms with E-state index >= 15 is 0 Å². The molecule has 1 N–H and O–H groups in total. The summed E-state index contributed by atoms with van der Waals surface area (Å²) in [7, 11) is 0. The molecule has 0 aliphatic heterocycles. The number of ether oxygens (including phenoxy) is 1. The zero-order valence-electron chi connectivity index (χ0n) is 9.46. The Morgan fingerprint density at radius 1 is 0.895 bits per heavy atom. The number of hydrogen-bond donors (Lipinski definition) is 1. The summed E-state index contributed by atoms with van der Waals surface area (Å²) >= 11 is 23.7. The molecule has 2 rings (SSSR count). The standard InChI is InChI=1S/C13H8Cl4O2/c14-8-2-1-7(10(15)3-8)6-19-13-11(16)4-9(18)5-12(13)17/h1-5,18H,6H2. The van der Waals surface area contributed by atoms with Gasteiger partial charge in [-0.05, 0) is 12.1 Å². The van der Waals surface area contributed by atoms with Gasteiger partial charge in [0.1, 0.15) is 12.4 Å². The molecule has 0 radical (unpaired) electrons. The second-order valence-corrected chi connectivity index (χ2v) is 5.42. The maximum Gasteiger partial charge on any atom is 0.157 e. The number of phenols is 1. The molecule has 0 saturated heterocycles. The molecule has 100 valence electrons. The molecule has 0 fully saturated rings. The van der Waals surface area contributed by atoms with Crippen LogP contribution in [0.3, 0.4) is 0 Å². The summed E-state index contributed by atoms with van der Waals surface area (Å²) in [5.41, 5.74) is 0.756. The monoisotopic (exact) mass is 336 g/mol. The van der Waals surface area contributed by atoms with Gasteiger partial charge in [-0.25, -0.2) is 0 Å². The van der Waals surface area contributed by atoms with Crippen LogP contribution in [-0.4, -0.2) is 5.11 Å². The highest BCUT2D eigenvalue weighted by atomic mass is 35.5. The maximum absolute atomic E-state index is 9.32. The van der Waals surface area contributed by atoms with Crippen LogP contribution in [0.1, 0.15) is 5.56 Å². The lowest BCUT2D eigenvalue weighted by molar-refractivity contribution is 0.306. The number of rotatable bonds is 3. The van der Waals surface area contributed by atoms with Crippen molar-refractivity contribution in [1.29, 1.82) is 0 Å². The fourth-order valence-electron chi connectivity index (χ4n) is 1.47. The predicted octanol–water partition coefficient (Wildman–Crippen LogP) is 5.58. The van der Waals surface area contributed by atoms with Crippen LogP contribution >= 0.6 is 46.4 Å². The Balaban J connectivity index is 2.19. The van der Waals surface area contributed by atoms with E-state index in [1.165, 1.54) is 12.1 Å². The molecular formula is C13H8Cl4O2. The molecule has 0 amide bonds. The van der Waals surface area contributed by atoms with E-state index in [1.807, 2.05) is 0 Å². The fourth-order valence-corrected chi connectivity index (χ4v) is 2.52. The molecule has 6 heteroatoms. The first-order valence-electron chi connectivity index (χ1n) is 5.22. The molecule has 19 heavy (non-hydrogen) atoms. The normalized spacial score (nSPS) is 10.5. The second-order valence-electron chi connectivity index (χ2n) is 3.76. The maximum atomic E-state index is 9.32. The van der Waals surface area contributed by atoms with Gasteiger partial charge >= 0.3 is 0 Å². The van der Waals surface area contributed by atoms with Gasteiger partial charge in [0.05, 0.1) is 10.0 Å². The van der Waals surface area contributed by atoms with Crippen molar-refractivity contribution < 1.29 is 9.84 Å². The summed E-state index contributed by atoms with van der Waals surface area (Å²) < 4.78 is 5.53. The van der Waals surface area contributed by atoms with Gasteiger partial charge in [0.15, 0.2) is 5.75 Å². The number of phenolic OH excluding ortho intramolecular Hbond substituents is 1. The van der Waals surface area contributed by atoms with Crippen molar-refractivity contribution in [2.45, 2.75) is 6.61 Å². The average Bonchev–Trinajstić information content (AvgIpc) is 2.30. The highest BCUT2D eigenvalue weighted by molar-refractivity contribution is 6.37. The highest BCUT2D eigenvalue weighted by Crippen LogP contribution is 2.37. The molecule has 0 atom stereocenters. The highest BCUT2D eigenvalue weighted by Gasteiger charge is 2.11.